The van der Waals surface area contributed by atoms with Crippen molar-refractivity contribution in [2.45, 2.75) is 264 Å². The first kappa shape index (κ1) is 64.3. The number of hydrogen-bond donors (Lipinski definition) is 0. The molecule has 0 rings (SSSR count). The van der Waals surface area contributed by atoms with Gasteiger partial charge >= 0.3 is 17.9 Å². The van der Waals surface area contributed by atoms with Gasteiger partial charge < -0.3 is 14.2 Å². The molecule has 0 aromatic carbocycles. The fourth-order valence-corrected chi connectivity index (χ4v) is 7.68. The van der Waals surface area contributed by atoms with E-state index in [9.17, 15) is 14.4 Å². The minimum absolute atomic E-state index is 0.0941. The van der Waals surface area contributed by atoms with E-state index < -0.39 is 6.10 Å². The summed E-state index contributed by atoms with van der Waals surface area (Å²) in [5.41, 5.74) is 0. The maximum absolute atomic E-state index is 12.8. The number of esters is 3. The monoisotopic (exact) mass is 945 g/mol. The first-order valence-corrected chi connectivity index (χ1v) is 28.3. The summed E-state index contributed by atoms with van der Waals surface area (Å²) in [6, 6.07) is 0. The van der Waals surface area contributed by atoms with Crippen LogP contribution in [0.3, 0.4) is 0 Å². The van der Waals surface area contributed by atoms with Crippen LogP contribution in [0.2, 0.25) is 0 Å². The molecular formula is C62H104O6. The van der Waals surface area contributed by atoms with Crippen molar-refractivity contribution in [3.05, 3.63) is 97.2 Å². The molecular weight excluding hydrogens is 841 g/mol. The van der Waals surface area contributed by atoms with E-state index in [1.165, 1.54) is 96.3 Å². The van der Waals surface area contributed by atoms with E-state index in [0.717, 1.165) is 122 Å². The molecule has 0 bridgehead atoms. The van der Waals surface area contributed by atoms with E-state index in [2.05, 4.69) is 118 Å². The number of unbranched alkanes of at least 4 members (excludes halogenated alkanes) is 26. The van der Waals surface area contributed by atoms with Gasteiger partial charge in [0.2, 0.25) is 0 Å². The Labute approximate surface area is 419 Å². The van der Waals surface area contributed by atoms with Crippen LogP contribution in [-0.4, -0.2) is 37.2 Å². The average Bonchev–Trinajstić information content (AvgIpc) is 3.34. The van der Waals surface area contributed by atoms with Gasteiger partial charge in [0.05, 0.1) is 0 Å². The molecule has 0 saturated carbocycles. The number of hydrogen-bond acceptors (Lipinski definition) is 6. The summed E-state index contributed by atoms with van der Waals surface area (Å²) in [5.74, 6) is -0.933. The predicted molar refractivity (Wildman–Crippen MR) is 293 cm³/mol. The van der Waals surface area contributed by atoms with Gasteiger partial charge in [-0.3, -0.25) is 14.4 Å². The molecule has 388 valence electrons. The van der Waals surface area contributed by atoms with Crippen molar-refractivity contribution in [1.29, 1.82) is 0 Å². The molecule has 0 radical (unpaired) electrons. The Morgan fingerprint density at radius 1 is 0.324 bits per heavy atom. The minimum atomic E-state index is -0.798. The van der Waals surface area contributed by atoms with Crippen LogP contribution in [0.25, 0.3) is 0 Å². The smallest absolute Gasteiger partial charge is 0.306 e. The van der Waals surface area contributed by atoms with Gasteiger partial charge in [0.25, 0.3) is 0 Å². The lowest BCUT2D eigenvalue weighted by atomic mass is 10.1. The van der Waals surface area contributed by atoms with E-state index >= 15 is 0 Å². The average molecular weight is 946 g/mol. The second-order valence-electron chi connectivity index (χ2n) is 18.5. The molecule has 1 atom stereocenters. The molecule has 0 aromatic rings. The molecule has 6 heteroatoms. The molecule has 1 unspecified atom stereocenters. The highest BCUT2D eigenvalue weighted by Crippen LogP contribution is 2.15. The molecule has 0 spiro atoms. The van der Waals surface area contributed by atoms with Gasteiger partial charge in [-0.2, -0.15) is 0 Å². The SMILES string of the molecule is CC\C=C/C=C\C=C/CCCCCCCC(=O)OCC(COC(=O)CCCCCCCCCCC/C=C\C/C=C\C/C=C\CC)OC(=O)CCCCCCC/C=C\C=C/CCCCCCCCC. The van der Waals surface area contributed by atoms with Crippen LogP contribution in [0, 0.1) is 0 Å². The standard InChI is InChI=1S/C62H104O6/c1-4-7-10-13-16-19-22-25-27-29-31-33-34-37-40-43-46-49-52-55-61(64)67-58-59(57-66-60(63)54-51-48-45-42-39-36-24-21-18-15-12-9-6-3)68-62(65)56-53-50-47-44-41-38-35-32-30-28-26-23-20-17-14-11-8-5-2/h7,9-10,12,15-16,18-19,21,24-25,27-28,30,32,35,59H,4-6,8,11,13-14,17,20,22-23,26,29,31,33-34,36-58H2,1-3H3/b10-7-,12-9-,18-15-,19-16-,24-21-,27-25-,30-28-,35-32-. The van der Waals surface area contributed by atoms with Crippen molar-refractivity contribution in [3.63, 3.8) is 0 Å². The third-order valence-corrected chi connectivity index (χ3v) is 11.9. The van der Waals surface area contributed by atoms with Gasteiger partial charge in [-0.1, -0.05) is 240 Å². The number of rotatable bonds is 50. The molecule has 0 N–H and O–H groups in total. The third-order valence-electron chi connectivity index (χ3n) is 11.9. The van der Waals surface area contributed by atoms with Gasteiger partial charge in [-0.05, 0) is 96.3 Å². The Hall–Kier alpha value is -3.67. The largest absolute Gasteiger partial charge is 0.462 e. The lowest BCUT2D eigenvalue weighted by molar-refractivity contribution is -0.167. The molecule has 6 nitrogen and oxygen atoms in total. The lowest BCUT2D eigenvalue weighted by Crippen LogP contribution is -2.30. The van der Waals surface area contributed by atoms with Crippen LogP contribution in [0.4, 0.5) is 0 Å². The Bertz CT molecular complexity index is 1360. The Kier molecular flexibility index (Phi) is 52.9. The highest BCUT2D eigenvalue weighted by molar-refractivity contribution is 5.71. The molecule has 0 aliphatic heterocycles. The number of carbonyl (C=O) groups excluding carboxylic acids is 3. The van der Waals surface area contributed by atoms with Gasteiger partial charge in [-0.15, -0.1) is 0 Å². The zero-order valence-corrected chi connectivity index (χ0v) is 44.3. The Balaban J connectivity index is 4.42. The molecule has 0 saturated heterocycles. The zero-order chi connectivity index (χ0) is 49.3. The van der Waals surface area contributed by atoms with E-state index in [-0.39, 0.29) is 31.1 Å². The van der Waals surface area contributed by atoms with E-state index in [4.69, 9.17) is 14.2 Å². The maximum Gasteiger partial charge on any atom is 0.306 e. The fourth-order valence-electron chi connectivity index (χ4n) is 7.68. The van der Waals surface area contributed by atoms with Crippen LogP contribution in [0.5, 0.6) is 0 Å². The molecule has 0 aliphatic rings. The van der Waals surface area contributed by atoms with Crippen molar-refractivity contribution >= 4 is 17.9 Å². The molecule has 68 heavy (non-hydrogen) atoms. The molecule has 0 fully saturated rings. The van der Waals surface area contributed by atoms with Crippen molar-refractivity contribution in [1.82, 2.24) is 0 Å². The van der Waals surface area contributed by atoms with Crippen molar-refractivity contribution in [3.8, 4) is 0 Å². The van der Waals surface area contributed by atoms with Crippen LogP contribution < -0.4 is 0 Å². The molecule has 0 heterocycles. The predicted octanol–water partition coefficient (Wildman–Crippen LogP) is 18.9. The summed E-state index contributed by atoms with van der Waals surface area (Å²) in [6.45, 7) is 6.36. The Morgan fingerprint density at radius 2 is 0.647 bits per heavy atom. The van der Waals surface area contributed by atoms with Crippen molar-refractivity contribution in [2.24, 2.45) is 0 Å². The lowest BCUT2D eigenvalue weighted by Gasteiger charge is -2.18. The normalized spacial score (nSPS) is 12.8. The topological polar surface area (TPSA) is 78.9 Å². The molecule has 0 amide bonds. The first-order valence-electron chi connectivity index (χ1n) is 28.3. The quantitative estimate of drug-likeness (QED) is 0.0199. The summed E-state index contributed by atoms with van der Waals surface area (Å²) in [7, 11) is 0. The third kappa shape index (κ3) is 53.3. The number of ether oxygens (including phenoxy) is 3. The Morgan fingerprint density at radius 3 is 1.07 bits per heavy atom. The summed E-state index contributed by atoms with van der Waals surface area (Å²) in [4.78, 5) is 38.1. The fraction of sp³-hybridized carbons (Fsp3) is 0.694. The highest BCUT2D eigenvalue weighted by Gasteiger charge is 2.19. The first-order chi connectivity index (χ1) is 33.5. The highest BCUT2D eigenvalue weighted by atomic mass is 16.6. The van der Waals surface area contributed by atoms with Crippen molar-refractivity contribution < 1.29 is 28.6 Å². The van der Waals surface area contributed by atoms with E-state index in [0.29, 0.717) is 19.3 Å². The summed E-state index contributed by atoms with van der Waals surface area (Å²) in [5, 5.41) is 0. The van der Waals surface area contributed by atoms with Crippen LogP contribution in [0.15, 0.2) is 97.2 Å². The number of carbonyl (C=O) groups is 3. The van der Waals surface area contributed by atoms with Gasteiger partial charge in [0.15, 0.2) is 6.10 Å². The summed E-state index contributed by atoms with van der Waals surface area (Å²) in [6.07, 6.45) is 73.9. The second-order valence-corrected chi connectivity index (χ2v) is 18.5. The maximum atomic E-state index is 12.8. The molecule has 0 aromatic heterocycles. The van der Waals surface area contributed by atoms with Gasteiger partial charge in [0, 0.05) is 19.3 Å². The van der Waals surface area contributed by atoms with Crippen LogP contribution in [-0.2, 0) is 28.6 Å². The zero-order valence-electron chi connectivity index (χ0n) is 44.3. The number of allylic oxidation sites excluding steroid dienone is 16. The van der Waals surface area contributed by atoms with E-state index in [1.807, 2.05) is 0 Å². The van der Waals surface area contributed by atoms with Crippen molar-refractivity contribution in [2.75, 3.05) is 13.2 Å². The molecule has 0 aliphatic carbocycles. The summed E-state index contributed by atoms with van der Waals surface area (Å²) < 4.78 is 16.8. The van der Waals surface area contributed by atoms with Crippen LogP contribution in [0.1, 0.15) is 258 Å². The minimum Gasteiger partial charge on any atom is -0.462 e. The van der Waals surface area contributed by atoms with Gasteiger partial charge in [0.1, 0.15) is 13.2 Å². The van der Waals surface area contributed by atoms with Gasteiger partial charge in [-0.25, -0.2) is 0 Å². The van der Waals surface area contributed by atoms with Crippen LogP contribution >= 0.6 is 0 Å². The van der Waals surface area contributed by atoms with E-state index in [1.54, 1.807) is 0 Å². The summed E-state index contributed by atoms with van der Waals surface area (Å²) >= 11 is 0. The second kappa shape index (κ2) is 55.9.